The maximum Gasteiger partial charge on any atom is 0.258 e. The summed E-state index contributed by atoms with van der Waals surface area (Å²) in [7, 11) is 3.27. The minimum absolute atomic E-state index is 0.175. The van der Waals surface area contributed by atoms with Crippen molar-refractivity contribution in [1.82, 2.24) is 24.9 Å². The summed E-state index contributed by atoms with van der Waals surface area (Å²) in [4.78, 5) is 12.2. The number of amides is 1. The van der Waals surface area contributed by atoms with Crippen LogP contribution in [0.1, 0.15) is 34.5 Å². The molecule has 7 nitrogen and oxygen atoms in total. The molecule has 0 saturated carbocycles. The van der Waals surface area contributed by atoms with E-state index in [0.29, 0.717) is 24.5 Å². The number of nitrogens with zero attached hydrogens (tertiary/aromatic N) is 4. The quantitative estimate of drug-likeness (QED) is 0.892. The number of nitrogens with one attached hydrogen (secondary N) is 1. The molecule has 1 aliphatic carbocycles. The first-order valence-corrected chi connectivity index (χ1v) is 7.58. The second-order valence-electron chi connectivity index (χ2n) is 5.53. The fourth-order valence-corrected chi connectivity index (χ4v) is 2.89. The van der Waals surface area contributed by atoms with Gasteiger partial charge in [-0.3, -0.25) is 14.2 Å². The molecule has 0 spiro atoms. The molecular formula is C15H21N5O2. The number of hydrogen-bond donors (Lipinski definition) is 1. The summed E-state index contributed by atoms with van der Waals surface area (Å²) < 4.78 is 8.68. The van der Waals surface area contributed by atoms with E-state index >= 15 is 0 Å². The number of methoxy groups -OCH3 is 1. The molecule has 2 aromatic heterocycles. The predicted molar refractivity (Wildman–Crippen MR) is 81.0 cm³/mol. The molecule has 2 aromatic rings. The second kappa shape index (κ2) is 6.21. The lowest BCUT2D eigenvalue weighted by Gasteiger charge is -2.14. The van der Waals surface area contributed by atoms with E-state index in [2.05, 4.69) is 15.5 Å². The number of fused-ring (bicyclic) bond motifs is 1. The summed E-state index contributed by atoms with van der Waals surface area (Å²) in [6, 6.07) is 0. The zero-order valence-electron chi connectivity index (χ0n) is 13.0. The van der Waals surface area contributed by atoms with E-state index in [9.17, 15) is 4.79 Å². The Kier molecular flexibility index (Phi) is 4.13. The molecule has 2 heterocycles. The van der Waals surface area contributed by atoms with Gasteiger partial charge in [0.1, 0.15) is 5.56 Å². The molecule has 0 radical (unpaired) electrons. The Hall–Kier alpha value is -2.31. The summed E-state index contributed by atoms with van der Waals surface area (Å²) >= 11 is 0. The number of rotatable bonds is 5. The van der Waals surface area contributed by atoms with Gasteiger partial charge in [0.15, 0.2) is 0 Å². The predicted octanol–water partition coefficient (Wildman–Crippen LogP) is 0.934. The standard InChI is InChI=1S/C15H21N5O2/c1-19-10-12(15(18-19)22-2)14(21)16-7-8-20-13-6-4-3-5-11(13)9-17-20/h9-10H,3-8H2,1-2H3,(H,16,21). The molecular weight excluding hydrogens is 282 g/mol. The highest BCUT2D eigenvalue weighted by Crippen LogP contribution is 2.20. The third kappa shape index (κ3) is 2.84. The van der Waals surface area contributed by atoms with Crippen LogP contribution in [0.3, 0.4) is 0 Å². The van der Waals surface area contributed by atoms with Gasteiger partial charge in [-0.05, 0) is 31.2 Å². The van der Waals surface area contributed by atoms with Crippen molar-refractivity contribution < 1.29 is 9.53 Å². The van der Waals surface area contributed by atoms with Gasteiger partial charge in [-0.2, -0.15) is 5.10 Å². The summed E-state index contributed by atoms with van der Waals surface area (Å²) in [5, 5.41) is 11.4. The van der Waals surface area contributed by atoms with E-state index in [0.717, 1.165) is 12.8 Å². The number of carbonyl (C=O) groups is 1. The number of aromatic nitrogens is 4. The summed E-state index contributed by atoms with van der Waals surface area (Å²) in [6.07, 6.45) is 8.28. The van der Waals surface area contributed by atoms with E-state index in [1.807, 2.05) is 10.9 Å². The third-order valence-corrected chi connectivity index (χ3v) is 3.99. The minimum atomic E-state index is -0.175. The highest BCUT2D eigenvalue weighted by molar-refractivity contribution is 5.96. The lowest BCUT2D eigenvalue weighted by molar-refractivity contribution is 0.0948. The number of ether oxygens (including phenoxy) is 1. The van der Waals surface area contributed by atoms with Crippen LogP contribution in [0.4, 0.5) is 0 Å². The molecule has 0 aromatic carbocycles. The lowest BCUT2D eigenvalue weighted by Crippen LogP contribution is -2.28. The van der Waals surface area contributed by atoms with Crippen molar-refractivity contribution >= 4 is 5.91 Å². The Labute approximate surface area is 129 Å². The van der Waals surface area contributed by atoms with Crippen molar-refractivity contribution in [2.75, 3.05) is 13.7 Å². The zero-order valence-corrected chi connectivity index (χ0v) is 13.0. The SMILES string of the molecule is COc1nn(C)cc1C(=O)NCCn1ncc2c1CCCC2. The first-order chi connectivity index (χ1) is 10.7. The van der Waals surface area contributed by atoms with E-state index < -0.39 is 0 Å². The lowest BCUT2D eigenvalue weighted by atomic mass is 9.98. The Balaban J connectivity index is 1.59. The van der Waals surface area contributed by atoms with Gasteiger partial charge in [0.25, 0.3) is 5.91 Å². The Morgan fingerprint density at radius 1 is 1.41 bits per heavy atom. The highest BCUT2D eigenvalue weighted by atomic mass is 16.5. The third-order valence-electron chi connectivity index (χ3n) is 3.99. The van der Waals surface area contributed by atoms with Crippen LogP contribution in [0.25, 0.3) is 0 Å². The van der Waals surface area contributed by atoms with Gasteiger partial charge < -0.3 is 10.1 Å². The summed E-state index contributed by atoms with van der Waals surface area (Å²) in [5.41, 5.74) is 3.12. The molecule has 3 rings (SSSR count). The number of hydrogen-bond acceptors (Lipinski definition) is 4. The second-order valence-corrected chi connectivity index (χ2v) is 5.53. The Bertz CT molecular complexity index is 674. The average Bonchev–Trinajstić information content (AvgIpc) is 3.11. The van der Waals surface area contributed by atoms with Crippen LogP contribution in [0.15, 0.2) is 12.4 Å². The molecule has 1 aliphatic rings. The van der Waals surface area contributed by atoms with Crippen molar-refractivity contribution in [3.05, 3.63) is 29.2 Å². The topological polar surface area (TPSA) is 74.0 Å². The first-order valence-electron chi connectivity index (χ1n) is 7.58. The normalized spacial score (nSPS) is 13.7. The van der Waals surface area contributed by atoms with E-state index in [4.69, 9.17) is 4.74 Å². The smallest absolute Gasteiger partial charge is 0.258 e. The van der Waals surface area contributed by atoms with Crippen molar-refractivity contribution in [3.63, 3.8) is 0 Å². The van der Waals surface area contributed by atoms with Gasteiger partial charge in [-0.25, -0.2) is 0 Å². The van der Waals surface area contributed by atoms with Crippen LogP contribution in [0, 0.1) is 0 Å². The van der Waals surface area contributed by atoms with E-state index in [1.165, 1.54) is 31.2 Å². The molecule has 1 amide bonds. The monoisotopic (exact) mass is 303 g/mol. The van der Waals surface area contributed by atoms with E-state index in [1.54, 1.807) is 17.9 Å². The molecule has 1 N–H and O–H groups in total. The van der Waals surface area contributed by atoms with Crippen molar-refractivity contribution in [2.45, 2.75) is 32.2 Å². The fraction of sp³-hybridized carbons (Fsp3) is 0.533. The average molecular weight is 303 g/mol. The van der Waals surface area contributed by atoms with Crippen molar-refractivity contribution in [2.24, 2.45) is 7.05 Å². The maximum absolute atomic E-state index is 12.2. The molecule has 7 heteroatoms. The fourth-order valence-electron chi connectivity index (χ4n) is 2.89. The summed E-state index contributed by atoms with van der Waals surface area (Å²) in [6.45, 7) is 1.22. The first kappa shape index (κ1) is 14.6. The van der Waals surface area contributed by atoms with Crippen LogP contribution in [-0.2, 0) is 26.4 Å². The maximum atomic E-state index is 12.2. The minimum Gasteiger partial charge on any atom is -0.479 e. The largest absolute Gasteiger partial charge is 0.479 e. The van der Waals surface area contributed by atoms with Gasteiger partial charge >= 0.3 is 0 Å². The Morgan fingerprint density at radius 2 is 2.23 bits per heavy atom. The van der Waals surface area contributed by atoms with Crippen molar-refractivity contribution in [3.8, 4) is 5.88 Å². The molecule has 0 atom stereocenters. The molecule has 118 valence electrons. The van der Waals surface area contributed by atoms with Crippen LogP contribution in [0.5, 0.6) is 5.88 Å². The van der Waals surface area contributed by atoms with Crippen molar-refractivity contribution in [1.29, 1.82) is 0 Å². The van der Waals surface area contributed by atoms with E-state index in [-0.39, 0.29) is 5.91 Å². The number of aryl methyl sites for hydroxylation is 2. The molecule has 0 bridgehead atoms. The van der Waals surface area contributed by atoms with Crippen LogP contribution in [-0.4, -0.2) is 39.1 Å². The molecule has 0 fully saturated rings. The van der Waals surface area contributed by atoms with Gasteiger partial charge in [0.05, 0.1) is 19.9 Å². The van der Waals surface area contributed by atoms with Gasteiger partial charge in [-0.1, -0.05) is 0 Å². The summed E-state index contributed by atoms with van der Waals surface area (Å²) in [5.74, 6) is 0.169. The van der Waals surface area contributed by atoms with Gasteiger partial charge in [0.2, 0.25) is 5.88 Å². The van der Waals surface area contributed by atoms with Crippen LogP contribution in [0.2, 0.25) is 0 Å². The molecule has 22 heavy (non-hydrogen) atoms. The highest BCUT2D eigenvalue weighted by Gasteiger charge is 2.17. The number of carbonyl (C=O) groups excluding carboxylic acids is 1. The Morgan fingerprint density at radius 3 is 3.05 bits per heavy atom. The van der Waals surface area contributed by atoms with Gasteiger partial charge in [0, 0.05) is 25.5 Å². The zero-order chi connectivity index (χ0) is 15.5. The molecule has 0 aliphatic heterocycles. The van der Waals surface area contributed by atoms with Crippen LogP contribution < -0.4 is 10.1 Å². The molecule has 0 unspecified atom stereocenters. The van der Waals surface area contributed by atoms with Crippen LogP contribution >= 0.6 is 0 Å². The molecule has 0 saturated heterocycles. The van der Waals surface area contributed by atoms with Gasteiger partial charge in [-0.15, -0.1) is 5.10 Å².